The lowest BCUT2D eigenvalue weighted by Gasteiger charge is -2.43. The van der Waals surface area contributed by atoms with Gasteiger partial charge in [-0.3, -0.25) is 14.4 Å². The van der Waals surface area contributed by atoms with Crippen LogP contribution in [0.4, 0.5) is 0 Å². The van der Waals surface area contributed by atoms with Gasteiger partial charge in [0.15, 0.2) is 17.9 Å². The third-order valence-electron chi connectivity index (χ3n) is 6.13. The third-order valence-corrected chi connectivity index (χ3v) is 6.13. The molecule has 0 amide bonds. The maximum atomic E-state index is 13.1. The average molecular weight is 369 g/mol. The second-order valence-corrected chi connectivity index (χ2v) is 7.47. The molecule has 3 aliphatic carbocycles. The molecule has 4 rings (SSSR count). The SMILES string of the molecule is Cc1ccc(O)c2c1CC1CC3C(N)C(O)=C(C=O)C(=O)C3C(O)=C1C2=O. The minimum absolute atomic E-state index is 0.0943. The minimum atomic E-state index is -1.14. The smallest absolute Gasteiger partial charge is 0.196 e. The molecule has 27 heavy (non-hydrogen) atoms. The maximum Gasteiger partial charge on any atom is 0.196 e. The molecule has 0 saturated heterocycles. The van der Waals surface area contributed by atoms with E-state index in [1.165, 1.54) is 6.07 Å². The van der Waals surface area contributed by atoms with E-state index < -0.39 is 46.5 Å². The number of aldehydes is 1. The number of carbonyl (C=O) groups excluding carboxylic acids is 3. The van der Waals surface area contributed by atoms with Gasteiger partial charge in [0, 0.05) is 5.57 Å². The zero-order chi connectivity index (χ0) is 19.6. The summed E-state index contributed by atoms with van der Waals surface area (Å²) < 4.78 is 0. The number of aliphatic hydroxyl groups excluding tert-OH is 2. The number of carbonyl (C=O) groups is 3. The van der Waals surface area contributed by atoms with E-state index >= 15 is 0 Å². The Bertz CT molecular complexity index is 973. The van der Waals surface area contributed by atoms with Gasteiger partial charge in [-0.2, -0.15) is 0 Å². The summed E-state index contributed by atoms with van der Waals surface area (Å²) in [6.07, 6.45) is 0.953. The van der Waals surface area contributed by atoms with E-state index in [1.54, 1.807) is 6.07 Å². The predicted octanol–water partition coefficient (Wildman–Crippen LogP) is 1.42. The number of hydrogen-bond acceptors (Lipinski definition) is 7. The molecular weight excluding hydrogens is 350 g/mol. The van der Waals surface area contributed by atoms with Gasteiger partial charge in [-0.25, -0.2) is 0 Å². The molecule has 4 unspecified atom stereocenters. The largest absolute Gasteiger partial charge is 0.511 e. The lowest BCUT2D eigenvalue weighted by Crippen LogP contribution is -2.50. The van der Waals surface area contributed by atoms with E-state index in [9.17, 15) is 29.7 Å². The number of hydrogen-bond donors (Lipinski definition) is 4. The van der Waals surface area contributed by atoms with Gasteiger partial charge in [0.1, 0.15) is 17.3 Å². The zero-order valence-electron chi connectivity index (χ0n) is 14.6. The second-order valence-electron chi connectivity index (χ2n) is 7.47. The van der Waals surface area contributed by atoms with Crippen molar-refractivity contribution < 1.29 is 29.7 Å². The topological polar surface area (TPSA) is 138 Å². The number of phenols is 1. The summed E-state index contributed by atoms with van der Waals surface area (Å²) in [4.78, 5) is 36.9. The fourth-order valence-electron chi connectivity index (χ4n) is 4.75. The molecular formula is C20H19NO6. The molecule has 4 atom stereocenters. The molecule has 0 radical (unpaired) electrons. The first-order valence-corrected chi connectivity index (χ1v) is 8.75. The number of Topliss-reactive ketones (excluding diaryl/α,β-unsaturated/α-hetero) is 2. The van der Waals surface area contributed by atoms with E-state index in [1.807, 2.05) is 6.92 Å². The molecule has 0 saturated carbocycles. The number of benzene rings is 1. The van der Waals surface area contributed by atoms with Crippen molar-refractivity contribution in [2.24, 2.45) is 23.5 Å². The van der Waals surface area contributed by atoms with Gasteiger partial charge in [-0.1, -0.05) is 6.07 Å². The molecule has 0 heterocycles. The molecule has 3 aliphatic rings. The van der Waals surface area contributed by atoms with Crippen molar-refractivity contribution in [3.05, 3.63) is 51.5 Å². The molecule has 7 nitrogen and oxygen atoms in total. The Hall–Kier alpha value is -2.93. The molecule has 5 N–H and O–H groups in total. The van der Waals surface area contributed by atoms with E-state index in [0.717, 1.165) is 5.56 Å². The van der Waals surface area contributed by atoms with E-state index in [0.29, 0.717) is 18.4 Å². The summed E-state index contributed by atoms with van der Waals surface area (Å²) in [5.41, 5.74) is 7.40. The van der Waals surface area contributed by atoms with E-state index in [-0.39, 0.29) is 29.1 Å². The van der Waals surface area contributed by atoms with Crippen LogP contribution < -0.4 is 5.73 Å². The number of phenolic OH excluding ortho intramolecular Hbond substituents is 1. The highest BCUT2D eigenvalue weighted by Crippen LogP contribution is 2.49. The summed E-state index contributed by atoms with van der Waals surface area (Å²) in [6, 6.07) is 2.18. The number of aromatic hydroxyl groups is 1. The number of nitrogens with two attached hydrogens (primary N) is 1. The minimum Gasteiger partial charge on any atom is -0.511 e. The van der Waals surface area contributed by atoms with E-state index in [4.69, 9.17) is 5.73 Å². The van der Waals surface area contributed by atoms with Crippen LogP contribution in [0, 0.1) is 24.7 Å². The van der Waals surface area contributed by atoms with Crippen molar-refractivity contribution in [3.63, 3.8) is 0 Å². The fourth-order valence-corrected chi connectivity index (χ4v) is 4.75. The Labute approximate surface area is 154 Å². The lowest BCUT2D eigenvalue weighted by molar-refractivity contribution is -0.124. The third kappa shape index (κ3) is 2.21. The number of fused-ring (bicyclic) bond motifs is 3. The van der Waals surface area contributed by atoms with Gasteiger partial charge >= 0.3 is 0 Å². The first kappa shape index (κ1) is 17.5. The predicted molar refractivity (Wildman–Crippen MR) is 94.3 cm³/mol. The highest BCUT2D eigenvalue weighted by atomic mass is 16.3. The van der Waals surface area contributed by atoms with Crippen molar-refractivity contribution in [3.8, 4) is 5.75 Å². The van der Waals surface area contributed by atoms with Crippen molar-refractivity contribution >= 4 is 17.9 Å². The zero-order valence-corrected chi connectivity index (χ0v) is 14.6. The molecule has 1 aromatic carbocycles. The Balaban J connectivity index is 1.90. The number of aliphatic hydroxyl groups is 2. The van der Waals surface area contributed by atoms with Crippen LogP contribution in [0.25, 0.3) is 0 Å². The summed E-state index contributed by atoms with van der Waals surface area (Å²) in [5, 5.41) is 31.1. The van der Waals surface area contributed by atoms with Crippen LogP contribution in [0.5, 0.6) is 5.75 Å². The van der Waals surface area contributed by atoms with Crippen LogP contribution in [0.2, 0.25) is 0 Å². The molecule has 140 valence electrons. The standard InChI is InChI=1S/C20H19NO6/c1-7-2-3-12(23)14-9(7)4-8-5-10-15(20(27)13(8)19(14)26)17(24)11(6-22)18(25)16(10)21/h2-3,6,8,10,15-16,23,25,27H,4-5,21H2,1H3. The Morgan fingerprint density at radius 1 is 1.15 bits per heavy atom. The monoisotopic (exact) mass is 369 g/mol. The average Bonchev–Trinajstić information content (AvgIpc) is 2.63. The first-order chi connectivity index (χ1) is 12.8. The molecule has 0 spiro atoms. The number of aryl methyl sites for hydroxylation is 1. The van der Waals surface area contributed by atoms with Crippen molar-refractivity contribution in [1.29, 1.82) is 0 Å². The maximum absolute atomic E-state index is 13.1. The Morgan fingerprint density at radius 2 is 1.85 bits per heavy atom. The fraction of sp³-hybridized carbons (Fsp3) is 0.350. The summed E-state index contributed by atoms with van der Waals surface area (Å²) in [5.74, 6) is -4.41. The summed E-state index contributed by atoms with van der Waals surface area (Å²) >= 11 is 0. The molecule has 0 fully saturated rings. The second kappa shape index (κ2) is 5.79. The molecule has 0 aliphatic heterocycles. The summed E-state index contributed by atoms with van der Waals surface area (Å²) in [6.45, 7) is 1.84. The van der Waals surface area contributed by atoms with E-state index in [2.05, 4.69) is 0 Å². The van der Waals surface area contributed by atoms with Gasteiger partial charge in [0.2, 0.25) is 0 Å². The number of rotatable bonds is 1. The van der Waals surface area contributed by atoms with Gasteiger partial charge in [0.25, 0.3) is 0 Å². The van der Waals surface area contributed by atoms with Crippen molar-refractivity contribution in [2.75, 3.05) is 0 Å². The van der Waals surface area contributed by atoms with Crippen LogP contribution in [0.1, 0.15) is 27.9 Å². The normalized spacial score (nSPS) is 30.0. The van der Waals surface area contributed by atoms with Crippen LogP contribution in [-0.2, 0) is 16.0 Å². The van der Waals surface area contributed by atoms with Gasteiger partial charge in [-0.05, 0) is 48.8 Å². The van der Waals surface area contributed by atoms with Crippen LogP contribution >= 0.6 is 0 Å². The highest BCUT2D eigenvalue weighted by molar-refractivity contribution is 6.17. The van der Waals surface area contributed by atoms with Crippen molar-refractivity contribution in [2.45, 2.75) is 25.8 Å². The van der Waals surface area contributed by atoms with Gasteiger partial charge < -0.3 is 21.1 Å². The highest BCUT2D eigenvalue weighted by Gasteiger charge is 2.52. The number of ketones is 2. The Kier molecular flexibility index (Phi) is 3.75. The Morgan fingerprint density at radius 3 is 2.52 bits per heavy atom. The van der Waals surface area contributed by atoms with Crippen molar-refractivity contribution in [1.82, 2.24) is 0 Å². The molecule has 1 aromatic rings. The number of allylic oxidation sites excluding steroid dienone is 3. The van der Waals surface area contributed by atoms with Crippen LogP contribution in [0.3, 0.4) is 0 Å². The molecule has 0 aromatic heterocycles. The van der Waals surface area contributed by atoms with Gasteiger partial charge in [0.05, 0.1) is 23.1 Å². The lowest BCUT2D eigenvalue weighted by atomic mass is 9.61. The first-order valence-electron chi connectivity index (χ1n) is 8.75. The molecule has 0 bridgehead atoms. The quantitative estimate of drug-likeness (QED) is 0.434. The summed E-state index contributed by atoms with van der Waals surface area (Å²) in [7, 11) is 0. The van der Waals surface area contributed by atoms with Crippen LogP contribution in [-0.4, -0.2) is 39.2 Å². The molecule has 7 heteroatoms. The van der Waals surface area contributed by atoms with Crippen LogP contribution in [0.15, 0.2) is 34.8 Å². The van der Waals surface area contributed by atoms with Gasteiger partial charge in [-0.15, -0.1) is 0 Å².